The van der Waals surface area contributed by atoms with Crippen LogP contribution in [0.4, 0.5) is 0 Å². The van der Waals surface area contributed by atoms with Gasteiger partial charge in [0, 0.05) is 13.0 Å². The summed E-state index contributed by atoms with van der Waals surface area (Å²) in [5.74, 6) is 0. The van der Waals surface area contributed by atoms with Gasteiger partial charge in [0.1, 0.15) is 0 Å². The molecule has 0 bridgehead atoms. The summed E-state index contributed by atoms with van der Waals surface area (Å²) in [6.07, 6.45) is 2.18. The number of hydrogen-bond donors (Lipinski definition) is 2. The molecule has 3 atom stereocenters. The monoisotopic (exact) mass is 248 g/mol. The van der Waals surface area contributed by atoms with Crippen molar-refractivity contribution in [3.05, 3.63) is 0 Å². The van der Waals surface area contributed by atoms with Crippen LogP contribution in [0.25, 0.3) is 0 Å². The van der Waals surface area contributed by atoms with Crippen LogP contribution >= 0.6 is 0 Å². The fourth-order valence-electron chi connectivity index (χ4n) is 1.37. The van der Waals surface area contributed by atoms with Crippen molar-refractivity contribution in [3.8, 4) is 0 Å². The van der Waals surface area contributed by atoms with Crippen LogP contribution in [0.5, 0.6) is 0 Å². The average molecular weight is 248 g/mol. The molecule has 4 nitrogen and oxygen atoms in total. The number of aliphatic hydroxyl groups is 2. The first kappa shape index (κ1) is 16.8. The number of aliphatic hydroxyl groups excluding tert-OH is 2. The molecule has 0 aliphatic rings. The Balaban J connectivity index is 3.45. The van der Waals surface area contributed by atoms with Crippen molar-refractivity contribution in [2.75, 3.05) is 19.8 Å². The molecule has 0 amide bonds. The van der Waals surface area contributed by atoms with Gasteiger partial charge in [0.25, 0.3) is 0 Å². The summed E-state index contributed by atoms with van der Waals surface area (Å²) in [6.45, 7) is 7.52. The summed E-state index contributed by atoms with van der Waals surface area (Å²) in [7, 11) is 0. The lowest BCUT2D eigenvalue weighted by molar-refractivity contribution is -0.0509. The fraction of sp³-hybridized carbons (Fsp3) is 1.00. The highest BCUT2D eigenvalue weighted by Crippen LogP contribution is 2.04. The molecule has 0 aliphatic heterocycles. The summed E-state index contributed by atoms with van der Waals surface area (Å²) in [6, 6.07) is 0. The van der Waals surface area contributed by atoms with E-state index in [4.69, 9.17) is 9.47 Å². The Kier molecular flexibility index (Phi) is 10.9. The van der Waals surface area contributed by atoms with E-state index in [0.717, 1.165) is 19.4 Å². The number of hydrogen-bond acceptors (Lipinski definition) is 4. The standard InChI is InChI=1S/C13H28O4/c1-4-6-7-16-9-11(3)17-10-13(15)8-12(14)5-2/h11-15H,4-10H2,1-3H3. The molecule has 3 unspecified atom stereocenters. The molecule has 0 aromatic carbocycles. The maximum atomic E-state index is 9.58. The highest BCUT2D eigenvalue weighted by Gasteiger charge is 2.12. The van der Waals surface area contributed by atoms with E-state index in [0.29, 0.717) is 19.4 Å². The molecule has 0 spiro atoms. The van der Waals surface area contributed by atoms with Crippen molar-refractivity contribution in [1.82, 2.24) is 0 Å². The molecule has 0 aromatic rings. The normalized spacial score (nSPS) is 16.8. The Morgan fingerprint density at radius 2 is 1.76 bits per heavy atom. The minimum atomic E-state index is -0.594. The summed E-state index contributed by atoms with van der Waals surface area (Å²) < 4.78 is 10.9. The number of unbranched alkanes of at least 4 members (excludes halogenated alkanes) is 1. The minimum Gasteiger partial charge on any atom is -0.393 e. The largest absolute Gasteiger partial charge is 0.393 e. The summed E-state index contributed by atoms with van der Waals surface area (Å²) >= 11 is 0. The van der Waals surface area contributed by atoms with Crippen LogP contribution in [0.15, 0.2) is 0 Å². The average Bonchev–Trinajstić information content (AvgIpc) is 2.32. The second-order valence-corrected chi connectivity index (χ2v) is 4.52. The minimum absolute atomic E-state index is 0.0136. The lowest BCUT2D eigenvalue weighted by atomic mass is 10.1. The van der Waals surface area contributed by atoms with Gasteiger partial charge in [0.05, 0.1) is 31.5 Å². The second-order valence-electron chi connectivity index (χ2n) is 4.52. The van der Waals surface area contributed by atoms with Crippen molar-refractivity contribution in [2.45, 2.75) is 64.8 Å². The van der Waals surface area contributed by atoms with E-state index in [9.17, 15) is 10.2 Å². The first-order valence-electron chi connectivity index (χ1n) is 6.65. The first-order valence-corrected chi connectivity index (χ1v) is 6.65. The molecule has 2 N–H and O–H groups in total. The summed E-state index contributed by atoms with van der Waals surface area (Å²) in [4.78, 5) is 0. The topological polar surface area (TPSA) is 58.9 Å². The Labute approximate surface area is 105 Å². The smallest absolute Gasteiger partial charge is 0.0798 e. The van der Waals surface area contributed by atoms with Gasteiger partial charge in [-0.3, -0.25) is 0 Å². The SMILES string of the molecule is CCCCOCC(C)OCC(O)CC(O)CC. The Hall–Kier alpha value is -0.160. The Morgan fingerprint density at radius 1 is 1.06 bits per heavy atom. The van der Waals surface area contributed by atoms with Crippen LogP contribution in [0.3, 0.4) is 0 Å². The van der Waals surface area contributed by atoms with Gasteiger partial charge in [0.15, 0.2) is 0 Å². The van der Waals surface area contributed by atoms with E-state index in [2.05, 4.69) is 6.92 Å². The maximum absolute atomic E-state index is 9.58. The predicted octanol–water partition coefficient (Wildman–Crippen LogP) is 1.73. The van der Waals surface area contributed by atoms with Crippen LogP contribution in [-0.2, 0) is 9.47 Å². The third kappa shape index (κ3) is 10.7. The third-order valence-corrected chi connectivity index (χ3v) is 2.58. The molecule has 17 heavy (non-hydrogen) atoms. The highest BCUT2D eigenvalue weighted by atomic mass is 16.5. The van der Waals surface area contributed by atoms with Crippen LogP contribution in [-0.4, -0.2) is 48.3 Å². The maximum Gasteiger partial charge on any atom is 0.0798 e. The zero-order valence-electron chi connectivity index (χ0n) is 11.4. The molecule has 0 heterocycles. The summed E-state index contributed by atoms with van der Waals surface area (Å²) in [5.41, 5.74) is 0. The van der Waals surface area contributed by atoms with Gasteiger partial charge in [-0.15, -0.1) is 0 Å². The van der Waals surface area contributed by atoms with E-state index in [1.807, 2.05) is 13.8 Å². The van der Waals surface area contributed by atoms with Crippen LogP contribution in [0.2, 0.25) is 0 Å². The molecule has 0 fully saturated rings. The van der Waals surface area contributed by atoms with E-state index >= 15 is 0 Å². The van der Waals surface area contributed by atoms with E-state index in [-0.39, 0.29) is 12.7 Å². The highest BCUT2D eigenvalue weighted by molar-refractivity contribution is 4.62. The van der Waals surface area contributed by atoms with E-state index in [1.54, 1.807) is 0 Å². The Morgan fingerprint density at radius 3 is 2.35 bits per heavy atom. The molecule has 0 rings (SSSR count). The predicted molar refractivity (Wildman–Crippen MR) is 68.1 cm³/mol. The molecule has 0 aliphatic carbocycles. The van der Waals surface area contributed by atoms with Gasteiger partial charge in [-0.25, -0.2) is 0 Å². The summed E-state index contributed by atoms with van der Waals surface area (Å²) in [5, 5.41) is 18.9. The molecule has 0 saturated carbocycles. The van der Waals surface area contributed by atoms with E-state index in [1.165, 1.54) is 0 Å². The van der Waals surface area contributed by atoms with Crippen LogP contribution in [0, 0.1) is 0 Å². The zero-order valence-corrected chi connectivity index (χ0v) is 11.4. The van der Waals surface area contributed by atoms with Crippen molar-refractivity contribution in [1.29, 1.82) is 0 Å². The molecule has 104 valence electrons. The van der Waals surface area contributed by atoms with Gasteiger partial charge in [-0.1, -0.05) is 20.3 Å². The van der Waals surface area contributed by atoms with Gasteiger partial charge in [-0.2, -0.15) is 0 Å². The lowest BCUT2D eigenvalue weighted by Crippen LogP contribution is -2.26. The molecule has 0 radical (unpaired) electrons. The zero-order chi connectivity index (χ0) is 13.1. The molecule has 0 aromatic heterocycles. The fourth-order valence-corrected chi connectivity index (χ4v) is 1.37. The van der Waals surface area contributed by atoms with Gasteiger partial charge >= 0.3 is 0 Å². The molecule has 4 heteroatoms. The van der Waals surface area contributed by atoms with Gasteiger partial charge < -0.3 is 19.7 Å². The van der Waals surface area contributed by atoms with Gasteiger partial charge in [-0.05, 0) is 19.8 Å². The lowest BCUT2D eigenvalue weighted by Gasteiger charge is -2.18. The first-order chi connectivity index (χ1) is 8.10. The molecule has 0 saturated heterocycles. The van der Waals surface area contributed by atoms with Crippen molar-refractivity contribution in [3.63, 3.8) is 0 Å². The third-order valence-electron chi connectivity index (χ3n) is 2.58. The van der Waals surface area contributed by atoms with Crippen molar-refractivity contribution >= 4 is 0 Å². The number of rotatable bonds is 11. The van der Waals surface area contributed by atoms with E-state index < -0.39 is 12.2 Å². The Bertz CT molecular complexity index is 163. The van der Waals surface area contributed by atoms with Gasteiger partial charge in [0.2, 0.25) is 0 Å². The van der Waals surface area contributed by atoms with Crippen LogP contribution in [0.1, 0.15) is 46.5 Å². The molecular formula is C13H28O4. The van der Waals surface area contributed by atoms with Crippen molar-refractivity contribution in [2.24, 2.45) is 0 Å². The quantitative estimate of drug-likeness (QED) is 0.547. The molecular weight excluding hydrogens is 220 g/mol. The van der Waals surface area contributed by atoms with Crippen LogP contribution < -0.4 is 0 Å². The second kappa shape index (κ2) is 11.0. The number of ether oxygens (including phenoxy) is 2. The van der Waals surface area contributed by atoms with Crippen molar-refractivity contribution < 1.29 is 19.7 Å².